The Hall–Kier alpha value is -3.12. The molecule has 1 unspecified atom stereocenters. The highest BCUT2D eigenvalue weighted by Crippen LogP contribution is 2.30. The predicted octanol–water partition coefficient (Wildman–Crippen LogP) is 4.39. The van der Waals surface area contributed by atoms with Gasteiger partial charge in [0, 0.05) is 20.0 Å². The number of carbonyl (C=O) groups is 2. The Morgan fingerprint density at radius 2 is 2.03 bits per heavy atom. The van der Waals surface area contributed by atoms with Crippen molar-refractivity contribution in [1.82, 2.24) is 20.7 Å². The first kappa shape index (κ1) is 27.9. The Kier molecular flexibility index (Phi) is 9.99. The number of amides is 2. The number of halogens is 2. The van der Waals surface area contributed by atoms with Gasteiger partial charge < -0.3 is 24.1 Å². The molecule has 1 aliphatic carbocycles. The van der Waals surface area contributed by atoms with E-state index in [-0.39, 0.29) is 30.0 Å². The molecule has 3 N–H and O–H groups in total. The summed E-state index contributed by atoms with van der Waals surface area (Å²) in [6.45, 7) is 0.875. The Bertz CT molecular complexity index is 1060. The van der Waals surface area contributed by atoms with Crippen molar-refractivity contribution in [3.63, 3.8) is 0 Å². The van der Waals surface area contributed by atoms with Gasteiger partial charge in [-0.15, -0.1) is 0 Å². The van der Waals surface area contributed by atoms with Gasteiger partial charge in [0.15, 0.2) is 11.6 Å². The lowest BCUT2D eigenvalue weighted by atomic mass is 9.92. The number of hydrogen-bond acceptors (Lipinski definition) is 9. The van der Waals surface area contributed by atoms with Crippen LogP contribution < -0.4 is 21.1 Å². The molecule has 2 atom stereocenters. The fourth-order valence-corrected chi connectivity index (χ4v) is 4.95. The lowest BCUT2D eigenvalue weighted by Crippen LogP contribution is -2.43. The summed E-state index contributed by atoms with van der Waals surface area (Å²) in [4.78, 5) is 34.8. The normalized spacial score (nSPS) is 18.6. The minimum absolute atomic E-state index is 0.0602. The van der Waals surface area contributed by atoms with E-state index in [0.29, 0.717) is 31.1 Å². The molecule has 0 radical (unpaired) electrons. The summed E-state index contributed by atoms with van der Waals surface area (Å²) in [5, 5.41) is 2.49. The van der Waals surface area contributed by atoms with Gasteiger partial charge in [-0.2, -0.15) is 14.4 Å². The van der Waals surface area contributed by atoms with Gasteiger partial charge in [-0.1, -0.05) is 25.7 Å². The number of anilines is 2. The van der Waals surface area contributed by atoms with Crippen molar-refractivity contribution in [2.75, 3.05) is 30.5 Å². The van der Waals surface area contributed by atoms with Gasteiger partial charge in [0.25, 0.3) is 0 Å². The average molecular weight is 553 g/mol. The topological polar surface area (TPSA) is 131 Å². The van der Waals surface area contributed by atoms with Crippen LogP contribution in [0.4, 0.5) is 20.8 Å². The van der Waals surface area contributed by atoms with E-state index in [2.05, 4.69) is 26.1 Å². The molecule has 0 spiro atoms. The van der Waals surface area contributed by atoms with Crippen molar-refractivity contribution in [2.24, 2.45) is 11.8 Å². The standard InChI is InChI=1S/C25H34ClFN6O5/c1-33(15-18-9-6-12-36-18)22-20(27)21(29-24(26)30-22)31-32-23(34)17(13-16-7-2-3-8-16)14-28-25(35)38-19-10-4-5-11-37-19/h6,9,12,16-17,19H,2-5,7-8,10-11,13-15H2,1H3,(H,28,35)(H,32,34)(H,29,30,31)/t17-,19?/m1/s1. The summed E-state index contributed by atoms with van der Waals surface area (Å²) in [6, 6.07) is 3.49. The molecule has 1 aliphatic heterocycles. The van der Waals surface area contributed by atoms with Crippen LogP contribution in [0.5, 0.6) is 0 Å². The molecule has 2 amide bonds. The first-order valence-corrected chi connectivity index (χ1v) is 13.4. The van der Waals surface area contributed by atoms with Gasteiger partial charge in [-0.05, 0) is 48.9 Å². The Morgan fingerprint density at radius 3 is 2.74 bits per heavy atom. The Balaban J connectivity index is 1.36. The van der Waals surface area contributed by atoms with Crippen molar-refractivity contribution in [3.05, 3.63) is 35.3 Å². The summed E-state index contributed by atoms with van der Waals surface area (Å²) < 4.78 is 31.3. The molecular weight excluding hydrogens is 519 g/mol. The fraction of sp³-hybridized carbons (Fsp3) is 0.600. The molecule has 0 aromatic carbocycles. The van der Waals surface area contributed by atoms with E-state index in [1.165, 1.54) is 11.2 Å². The zero-order valence-electron chi connectivity index (χ0n) is 21.4. The van der Waals surface area contributed by atoms with Crippen molar-refractivity contribution in [3.8, 4) is 0 Å². The summed E-state index contributed by atoms with van der Waals surface area (Å²) in [5.74, 6) is -1.11. The molecule has 1 saturated carbocycles. The molecule has 4 rings (SSSR count). The summed E-state index contributed by atoms with van der Waals surface area (Å²) >= 11 is 6.04. The van der Waals surface area contributed by atoms with Crippen LogP contribution in [0, 0.1) is 17.7 Å². The summed E-state index contributed by atoms with van der Waals surface area (Å²) in [6.07, 6.45) is 7.71. The maximum Gasteiger partial charge on any atom is 0.409 e. The largest absolute Gasteiger partial charge is 0.467 e. The highest BCUT2D eigenvalue weighted by Gasteiger charge is 2.27. The lowest BCUT2D eigenvalue weighted by molar-refractivity contribution is -0.127. The van der Waals surface area contributed by atoms with Crippen LogP contribution in [0.1, 0.15) is 57.1 Å². The van der Waals surface area contributed by atoms with Crippen molar-refractivity contribution in [2.45, 2.75) is 64.2 Å². The van der Waals surface area contributed by atoms with Gasteiger partial charge in [0.05, 0.1) is 25.3 Å². The molecule has 2 fully saturated rings. The molecule has 2 aromatic rings. The number of nitrogens with zero attached hydrogens (tertiary/aromatic N) is 3. The fourth-order valence-electron chi connectivity index (χ4n) is 4.78. The molecule has 3 heterocycles. The second-order valence-electron chi connectivity index (χ2n) is 9.69. The Labute approximate surface area is 225 Å². The number of furan rings is 1. The molecular formula is C25H34ClFN6O5. The summed E-state index contributed by atoms with van der Waals surface area (Å²) in [5.41, 5.74) is 5.07. The number of hydrazine groups is 1. The SMILES string of the molecule is CN(Cc1ccco1)c1nc(Cl)nc(NNC(=O)[C@@H](CNC(=O)OC2CCCCO2)CC2CCCC2)c1F. The first-order chi connectivity index (χ1) is 18.4. The summed E-state index contributed by atoms with van der Waals surface area (Å²) in [7, 11) is 1.63. The smallest absolute Gasteiger partial charge is 0.409 e. The van der Waals surface area contributed by atoms with Crippen molar-refractivity contribution >= 4 is 35.2 Å². The quantitative estimate of drug-likeness (QED) is 0.274. The van der Waals surface area contributed by atoms with Crippen LogP contribution in [-0.2, 0) is 20.8 Å². The van der Waals surface area contributed by atoms with Gasteiger partial charge >= 0.3 is 6.09 Å². The van der Waals surface area contributed by atoms with Crippen LogP contribution in [-0.4, -0.2) is 48.5 Å². The molecule has 208 valence electrons. The predicted molar refractivity (Wildman–Crippen MR) is 138 cm³/mol. The molecule has 38 heavy (non-hydrogen) atoms. The van der Waals surface area contributed by atoms with E-state index < -0.39 is 30.0 Å². The maximum atomic E-state index is 15.2. The van der Waals surface area contributed by atoms with Crippen molar-refractivity contribution < 1.29 is 27.9 Å². The molecule has 0 bridgehead atoms. The molecule has 2 aliphatic rings. The molecule has 2 aromatic heterocycles. The number of aromatic nitrogens is 2. The van der Waals surface area contributed by atoms with E-state index in [1.807, 2.05) is 0 Å². The van der Waals surface area contributed by atoms with E-state index in [0.717, 1.165) is 38.5 Å². The highest BCUT2D eigenvalue weighted by atomic mass is 35.5. The van der Waals surface area contributed by atoms with E-state index in [4.69, 9.17) is 25.5 Å². The molecule has 13 heteroatoms. The molecule has 1 saturated heterocycles. The van der Waals surface area contributed by atoms with Gasteiger partial charge in [0.1, 0.15) is 5.76 Å². The first-order valence-electron chi connectivity index (χ1n) is 13.0. The van der Waals surface area contributed by atoms with Crippen molar-refractivity contribution in [1.29, 1.82) is 0 Å². The van der Waals surface area contributed by atoms with E-state index >= 15 is 4.39 Å². The van der Waals surface area contributed by atoms with Gasteiger partial charge in [0.2, 0.25) is 23.3 Å². The highest BCUT2D eigenvalue weighted by molar-refractivity contribution is 6.28. The van der Waals surface area contributed by atoms with Gasteiger partial charge in [-0.25, -0.2) is 4.79 Å². The third-order valence-corrected chi connectivity index (χ3v) is 6.95. The second kappa shape index (κ2) is 13.6. The minimum atomic E-state index is -0.787. The van der Waals surface area contributed by atoms with Gasteiger partial charge in [-0.3, -0.25) is 15.6 Å². The number of carbonyl (C=O) groups excluding carboxylic acids is 2. The zero-order chi connectivity index (χ0) is 26.9. The van der Waals surface area contributed by atoms with E-state index in [1.54, 1.807) is 19.2 Å². The van der Waals surface area contributed by atoms with Crippen LogP contribution in [0.3, 0.4) is 0 Å². The number of hydrogen-bond donors (Lipinski definition) is 3. The number of ether oxygens (including phenoxy) is 2. The van der Waals surface area contributed by atoms with Crippen LogP contribution in [0.15, 0.2) is 22.8 Å². The van der Waals surface area contributed by atoms with E-state index in [9.17, 15) is 9.59 Å². The minimum Gasteiger partial charge on any atom is -0.467 e. The number of nitrogens with one attached hydrogen (secondary N) is 3. The molecule has 11 nitrogen and oxygen atoms in total. The monoisotopic (exact) mass is 552 g/mol. The van der Waals surface area contributed by atoms with Crippen LogP contribution >= 0.6 is 11.6 Å². The third-order valence-electron chi connectivity index (χ3n) is 6.78. The zero-order valence-corrected chi connectivity index (χ0v) is 22.1. The lowest BCUT2D eigenvalue weighted by Gasteiger charge is -2.24. The second-order valence-corrected chi connectivity index (χ2v) is 10.0. The van der Waals surface area contributed by atoms with Crippen LogP contribution in [0.2, 0.25) is 5.28 Å². The third kappa shape index (κ3) is 7.94. The average Bonchev–Trinajstić information content (AvgIpc) is 3.61. The van der Waals surface area contributed by atoms with Crippen LogP contribution in [0.25, 0.3) is 0 Å². The number of alkyl carbamates (subject to hydrolysis) is 1. The maximum absolute atomic E-state index is 15.2. The number of rotatable bonds is 11. The Morgan fingerprint density at radius 1 is 1.24 bits per heavy atom.